The predicted molar refractivity (Wildman–Crippen MR) is 65.4 cm³/mol. The third-order valence-corrected chi connectivity index (χ3v) is 2.91. The summed E-state index contributed by atoms with van der Waals surface area (Å²) in [6.07, 6.45) is 3.42. The quantitative estimate of drug-likeness (QED) is 0.873. The maximum Gasteiger partial charge on any atom is 0.0947 e. The zero-order valence-electron chi connectivity index (χ0n) is 9.11. The van der Waals surface area contributed by atoms with Crippen molar-refractivity contribution in [2.75, 3.05) is 0 Å². The summed E-state index contributed by atoms with van der Waals surface area (Å²) >= 11 is 6.12. The maximum absolute atomic E-state index is 6.12. The van der Waals surface area contributed by atoms with E-state index in [9.17, 15) is 0 Å². The van der Waals surface area contributed by atoms with Crippen molar-refractivity contribution in [1.82, 2.24) is 5.32 Å². The van der Waals surface area contributed by atoms with Gasteiger partial charge >= 0.3 is 0 Å². The number of nitrogens with one attached hydrogen (secondary N) is 1. The molecule has 1 aromatic heterocycles. The van der Waals surface area contributed by atoms with Crippen LogP contribution in [0.25, 0.3) is 0 Å². The van der Waals surface area contributed by atoms with Gasteiger partial charge in [0.15, 0.2) is 0 Å². The molecule has 1 N–H and O–H groups in total. The Morgan fingerprint density at radius 3 is 2.81 bits per heavy atom. The molecule has 0 aliphatic heterocycles. The van der Waals surface area contributed by atoms with Crippen LogP contribution in [0, 0.1) is 0 Å². The van der Waals surface area contributed by atoms with Gasteiger partial charge in [0.1, 0.15) is 0 Å². The van der Waals surface area contributed by atoms with Crippen molar-refractivity contribution >= 4 is 11.6 Å². The highest BCUT2D eigenvalue weighted by molar-refractivity contribution is 6.31. The van der Waals surface area contributed by atoms with Crippen LogP contribution >= 0.6 is 11.6 Å². The summed E-state index contributed by atoms with van der Waals surface area (Å²) in [5.41, 5.74) is 2.26. The van der Waals surface area contributed by atoms with E-state index in [2.05, 4.69) is 12.2 Å². The molecular weight excluding hydrogens is 222 g/mol. The van der Waals surface area contributed by atoms with Gasteiger partial charge in [0, 0.05) is 23.2 Å². The first-order valence-electron chi connectivity index (χ1n) is 5.26. The Bertz CT molecular complexity index is 439. The third kappa shape index (κ3) is 2.65. The summed E-state index contributed by atoms with van der Waals surface area (Å²) in [4.78, 5) is 0. The van der Waals surface area contributed by atoms with Crippen LogP contribution in [0.2, 0.25) is 5.02 Å². The summed E-state index contributed by atoms with van der Waals surface area (Å²) in [5.74, 6) is 0. The molecule has 2 aromatic rings. The van der Waals surface area contributed by atoms with E-state index < -0.39 is 0 Å². The summed E-state index contributed by atoms with van der Waals surface area (Å²) in [6, 6.07) is 10.1. The summed E-state index contributed by atoms with van der Waals surface area (Å²) < 4.78 is 5.01. The molecule has 0 amide bonds. The number of hydrogen-bond donors (Lipinski definition) is 1. The molecule has 2 nitrogen and oxygen atoms in total. The Balaban J connectivity index is 1.98. The smallest absolute Gasteiger partial charge is 0.0947 e. The minimum absolute atomic E-state index is 0.226. The molecule has 0 saturated heterocycles. The largest absolute Gasteiger partial charge is 0.472 e. The van der Waals surface area contributed by atoms with E-state index in [-0.39, 0.29) is 6.04 Å². The van der Waals surface area contributed by atoms with E-state index >= 15 is 0 Å². The molecule has 1 atom stereocenters. The van der Waals surface area contributed by atoms with Crippen molar-refractivity contribution in [2.45, 2.75) is 19.5 Å². The van der Waals surface area contributed by atoms with E-state index in [1.54, 1.807) is 12.5 Å². The lowest BCUT2D eigenvalue weighted by molar-refractivity contribution is 0.547. The van der Waals surface area contributed by atoms with Gasteiger partial charge in [-0.2, -0.15) is 0 Å². The number of hydrogen-bond acceptors (Lipinski definition) is 2. The van der Waals surface area contributed by atoms with Gasteiger partial charge in [-0.05, 0) is 24.6 Å². The average Bonchev–Trinajstić information content (AvgIpc) is 2.79. The molecule has 0 saturated carbocycles. The molecule has 3 heteroatoms. The predicted octanol–water partition coefficient (Wildman–Crippen LogP) is 3.78. The highest BCUT2D eigenvalue weighted by atomic mass is 35.5. The van der Waals surface area contributed by atoms with E-state index in [4.69, 9.17) is 16.0 Å². The number of benzene rings is 1. The van der Waals surface area contributed by atoms with Crippen molar-refractivity contribution < 1.29 is 4.42 Å². The van der Waals surface area contributed by atoms with E-state index in [0.717, 1.165) is 22.7 Å². The topological polar surface area (TPSA) is 25.2 Å². The molecule has 0 unspecified atom stereocenters. The summed E-state index contributed by atoms with van der Waals surface area (Å²) in [6.45, 7) is 2.88. The molecule has 0 radical (unpaired) electrons. The van der Waals surface area contributed by atoms with Crippen LogP contribution in [0.3, 0.4) is 0 Å². The van der Waals surface area contributed by atoms with Crippen LogP contribution in [-0.4, -0.2) is 0 Å². The highest BCUT2D eigenvalue weighted by Gasteiger charge is 2.08. The van der Waals surface area contributed by atoms with Crippen molar-refractivity contribution in [1.29, 1.82) is 0 Å². The van der Waals surface area contributed by atoms with Crippen molar-refractivity contribution in [2.24, 2.45) is 0 Å². The van der Waals surface area contributed by atoms with Crippen LogP contribution in [0.1, 0.15) is 24.1 Å². The molecule has 0 aliphatic rings. The van der Waals surface area contributed by atoms with Gasteiger partial charge in [-0.1, -0.05) is 29.8 Å². The van der Waals surface area contributed by atoms with E-state index in [1.807, 2.05) is 30.3 Å². The van der Waals surface area contributed by atoms with Gasteiger partial charge in [-0.15, -0.1) is 0 Å². The van der Waals surface area contributed by atoms with Gasteiger partial charge in [-0.3, -0.25) is 0 Å². The minimum atomic E-state index is 0.226. The average molecular weight is 236 g/mol. The molecule has 0 bridgehead atoms. The SMILES string of the molecule is C[C@@H](NCc1ccoc1)c1ccccc1Cl. The lowest BCUT2D eigenvalue weighted by Crippen LogP contribution is -2.17. The van der Waals surface area contributed by atoms with Gasteiger partial charge < -0.3 is 9.73 Å². The van der Waals surface area contributed by atoms with Crippen molar-refractivity contribution in [3.63, 3.8) is 0 Å². The van der Waals surface area contributed by atoms with Gasteiger partial charge in [0.25, 0.3) is 0 Å². The second-order valence-electron chi connectivity index (χ2n) is 3.76. The molecule has 1 aromatic carbocycles. The molecule has 0 aliphatic carbocycles. The lowest BCUT2D eigenvalue weighted by atomic mass is 10.1. The fraction of sp³-hybridized carbons (Fsp3) is 0.231. The zero-order valence-corrected chi connectivity index (χ0v) is 9.87. The number of halogens is 1. The van der Waals surface area contributed by atoms with Crippen LogP contribution < -0.4 is 5.32 Å². The Kier molecular flexibility index (Phi) is 3.65. The Hall–Kier alpha value is -1.25. The fourth-order valence-electron chi connectivity index (χ4n) is 1.60. The first kappa shape index (κ1) is 11.2. The Labute approximate surface area is 100 Å². The van der Waals surface area contributed by atoms with Crippen molar-refractivity contribution in [3.05, 3.63) is 59.0 Å². The Morgan fingerprint density at radius 2 is 2.12 bits per heavy atom. The molecule has 0 fully saturated rings. The van der Waals surface area contributed by atoms with Crippen LogP contribution in [0.5, 0.6) is 0 Å². The van der Waals surface area contributed by atoms with E-state index in [1.165, 1.54) is 0 Å². The lowest BCUT2D eigenvalue weighted by Gasteiger charge is -2.14. The highest BCUT2D eigenvalue weighted by Crippen LogP contribution is 2.22. The van der Waals surface area contributed by atoms with Gasteiger partial charge in [-0.25, -0.2) is 0 Å². The first-order valence-corrected chi connectivity index (χ1v) is 5.64. The monoisotopic (exact) mass is 235 g/mol. The van der Waals surface area contributed by atoms with Crippen LogP contribution in [0.4, 0.5) is 0 Å². The molecule has 16 heavy (non-hydrogen) atoms. The van der Waals surface area contributed by atoms with E-state index in [0.29, 0.717) is 0 Å². The standard InChI is InChI=1S/C13H14ClNO/c1-10(12-4-2-3-5-13(12)14)15-8-11-6-7-16-9-11/h2-7,9-10,15H,8H2,1H3/t10-/m1/s1. The second-order valence-corrected chi connectivity index (χ2v) is 4.16. The second kappa shape index (κ2) is 5.19. The summed E-state index contributed by atoms with van der Waals surface area (Å²) in [7, 11) is 0. The molecule has 1 heterocycles. The minimum Gasteiger partial charge on any atom is -0.472 e. The fourth-order valence-corrected chi connectivity index (χ4v) is 1.90. The Morgan fingerprint density at radius 1 is 1.31 bits per heavy atom. The van der Waals surface area contributed by atoms with Crippen LogP contribution in [-0.2, 0) is 6.54 Å². The molecular formula is C13H14ClNO. The van der Waals surface area contributed by atoms with Gasteiger partial charge in [0.2, 0.25) is 0 Å². The van der Waals surface area contributed by atoms with Gasteiger partial charge in [0.05, 0.1) is 12.5 Å². The van der Waals surface area contributed by atoms with Crippen LogP contribution in [0.15, 0.2) is 47.3 Å². The maximum atomic E-state index is 6.12. The summed E-state index contributed by atoms with van der Waals surface area (Å²) in [5, 5.41) is 4.20. The number of furan rings is 1. The number of rotatable bonds is 4. The zero-order chi connectivity index (χ0) is 11.4. The third-order valence-electron chi connectivity index (χ3n) is 2.56. The molecule has 84 valence electrons. The van der Waals surface area contributed by atoms with Crippen molar-refractivity contribution in [3.8, 4) is 0 Å². The molecule has 2 rings (SSSR count). The normalized spacial score (nSPS) is 12.6. The molecule has 0 spiro atoms. The first-order chi connectivity index (χ1) is 7.77.